The zero-order valence-corrected chi connectivity index (χ0v) is 23.6. The van der Waals surface area contributed by atoms with E-state index in [2.05, 4.69) is 6.92 Å². The van der Waals surface area contributed by atoms with Crippen LogP contribution in [0.3, 0.4) is 0 Å². The monoisotopic (exact) mass is 458 g/mol. The Morgan fingerprint density at radius 1 is 0.655 bits per heavy atom. The first kappa shape index (κ1) is 32.7. The minimum Gasteiger partial charge on any atom is -0.748 e. The Morgan fingerprint density at radius 2 is 1.00 bits per heavy atom. The molecule has 0 aliphatic heterocycles. The fourth-order valence-electron chi connectivity index (χ4n) is 3.78. The predicted molar refractivity (Wildman–Crippen MR) is 119 cm³/mol. The number of aliphatic hydroxyl groups is 1. The number of rotatable bonds is 21. The van der Waals surface area contributed by atoms with Crippen molar-refractivity contribution in [1.82, 2.24) is 0 Å². The molecule has 0 saturated carbocycles. The van der Waals surface area contributed by atoms with Gasteiger partial charge in [0, 0.05) is 5.25 Å². The number of hydrogen-bond acceptors (Lipinski definition) is 4. The second kappa shape index (κ2) is 22.7. The topological polar surface area (TPSA) is 77.4 Å². The molecule has 170 valence electrons. The first-order valence-corrected chi connectivity index (χ1v) is 13.5. The Hall–Kier alpha value is 1.51. The predicted octanol–water partition coefficient (Wildman–Crippen LogP) is 3.72. The van der Waals surface area contributed by atoms with Crippen LogP contribution in [0.5, 0.6) is 0 Å². The Kier molecular flexibility index (Phi) is 25.6. The van der Waals surface area contributed by atoms with Crippen LogP contribution in [0.4, 0.5) is 0 Å². The Balaban J connectivity index is 0. The Morgan fingerprint density at radius 3 is 1.38 bits per heavy atom. The minimum absolute atomic E-state index is 0. The van der Waals surface area contributed by atoms with E-state index >= 15 is 0 Å². The van der Waals surface area contributed by atoms with Crippen LogP contribution in [-0.2, 0) is 10.1 Å². The van der Waals surface area contributed by atoms with Crippen LogP contribution >= 0.6 is 0 Å². The third-order valence-electron chi connectivity index (χ3n) is 5.82. The van der Waals surface area contributed by atoms with E-state index in [0.29, 0.717) is 12.8 Å². The van der Waals surface area contributed by atoms with Gasteiger partial charge in [-0.15, -0.1) is 0 Å². The van der Waals surface area contributed by atoms with Crippen molar-refractivity contribution >= 4 is 10.1 Å². The van der Waals surface area contributed by atoms with Crippen molar-refractivity contribution in [2.24, 2.45) is 0 Å². The van der Waals surface area contributed by atoms with Crippen molar-refractivity contribution in [2.45, 2.75) is 147 Å². The van der Waals surface area contributed by atoms with Gasteiger partial charge in [0.25, 0.3) is 0 Å². The molecule has 0 aliphatic carbocycles. The molecule has 0 amide bonds. The largest absolute Gasteiger partial charge is 1.00 e. The third-order valence-corrected chi connectivity index (χ3v) is 7.11. The second-order valence-electron chi connectivity index (χ2n) is 8.49. The van der Waals surface area contributed by atoms with Gasteiger partial charge in [-0.1, -0.05) is 110 Å². The number of hydrogen-bond donors (Lipinski definition) is 1. The van der Waals surface area contributed by atoms with Gasteiger partial charge in [0.05, 0.1) is 16.2 Å². The molecule has 0 bridgehead atoms. The van der Waals surface area contributed by atoms with E-state index in [9.17, 15) is 18.1 Å². The first-order valence-electron chi connectivity index (χ1n) is 12.0. The SMILES string of the molecule is CCCCCCCCCCCCCCC(CCCCCC(O)CC)S(=O)(=O)[O-].[K+]. The van der Waals surface area contributed by atoms with Gasteiger partial charge in [-0.25, -0.2) is 8.42 Å². The maximum Gasteiger partial charge on any atom is 1.00 e. The molecular formula is C23H47KO4S. The molecule has 6 heteroatoms. The summed E-state index contributed by atoms with van der Waals surface area (Å²) in [4.78, 5) is 0. The van der Waals surface area contributed by atoms with Gasteiger partial charge in [-0.3, -0.25) is 0 Å². The molecule has 4 nitrogen and oxygen atoms in total. The van der Waals surface area contributed by atoms with Crippen LogP contribution in [0, 0.1) is 0 Å². The smallest absolute Gasteiger partial charge is 0.748 e. The van der Waals surface area contributed by atoms with Gasteiger partial charge in [-0.05, 0) is 25.7 Å². The average Bonchev–Trinajstić information content (AvgIpc) is 2.65. The van der Waals surface area contributed by atoms with Crippen molar-refractivity contribution in [3.05, 3.63) is 0 Å². The quantitative estimate of drug-likeness (QED) is 0.162. The summed E-state index contributed by atoms with van der Waals surface area (Å²) in [5.41, 5.74) is 0. The summed E-state index contributed by atoms with van der Waals surface area (Å²) < 4.78 is 34.5. The standard InChI is InChI=1S/C23H48O4S.K/c1-3-5-6-7-8-9-10-11-12-13-14-17-20-23(28(25,26)27)21-18-15-16-19-22(24)4-2;/h22-24H,3-21H2,1-2H3,(H,25,26,27);/q;+1/p-1. The van der Waals surface area contributed by atoms with Crippen LogP contribution in [0.25, 0.3) is 0 Å². The molecule has 2 unspecified atom stereocenters. The first-order chi connectivity index (χ1) is 13.4. The molecule has 0 aliphatic rings. The summed E-state index contributed by atoms with van der Waals surface area (Å²) in [7, 11) is -4.19. The number of aliphatic hydroxyl groups excluding tert-OH is 1. The van der Waals surface area contributed by atoms with Crippen molar-refractivity contribution < 1.29 is 69.5 Å². The summed E-state index contributed by atoms with van der Waals surface area (Å²) in [6.07, 6.45) is 19.8. The van der Waals surface area contributed by atoms with Crippen LogP contribution in [0.1, 0.15) is 136 Å². The number of unbranched alkanes of at least 4 members (excludes halogenated alkanes) is 13. The summed E-state index contributed by atoms with van der Waals surface area (Å²) >= 11 is 0. The van der Waals surface area contributed by atoms with E-state index in [0.717, 1.165) is 51.4 Å². The van der Waals surface area contributed by atoms with Crippen molar-refractivity contribution in [2.75, 3.05) is 0 Å². The van der Waals surface area contributed by atoms with E-state index in [1.54, 1.807) is 0 Å². The molecule has 0 rings (SSSR count). The van der Waals surface area contributed by atoms with E-state index in [-0.39, 0.29) is 57.5 Å². The summed E-state index contributed by atoms with van der Waals surface area (Å²) in [6, 6.07) is 0. The van der Waals surface area contributed by atoms with Crippen molar-refractivity contribution in [1.29, 1.82) is 0 Å². The molecule has 0 aromatic carbocycles. The zero-order chi connectivity index (χ0) is 21.1. The molecule has 2 atom stereocenters. The van der Waals surface area contributed by atoms with E-state index in [4.69, 9.17) is 0 Å². The molecule has 0 heterocycles. The fraction of sp³-hybridized carbons (Fsp3) is 1.00. The molecule has 0 spiro atoms. The van der Waals surface area contributed by atoms with Gasteiger partial charge in [0.2, 0.25) is 0 Å². The normalized spacial score (nSPS) is 13.8. The zero-order valence-electron chi connectivity index (χ0n) is 19.7. The molecule has 0 fully saturated rings. The van der Waals surface area contributed by atoms with Crippen molar-refractivity contribution in [3.63, 3.8) is 0 Å². The molecule has 1 N–H and O–H groups in total. The summed E-state index contributed by atoms with van der Waals surface area (Å²) in [6.45, 7) is 4.20. The molecule has 0 aromatic heterocycles. The van der Waals surface area contributed by atoms with Crippen LogP contribution in [0.15, 0.2) is 0 Å². The van der Waals surface area contributed by atoms with Crippen LogP contribution in [0.2, 0.25) is 0 Å². The minimum atomic E-state index is -4.19. The molecule has 0 aromatic rings. The van der Waals surface area contributed by atoms with Crippen molar-refractivity contribution in [3.8, 4) is 0 Å². The fourth-order valence-corrected chi connectivity index (χ4v) is 4.69. The maximum atomic E-state index is 11.5. The van der Waals surface area contributed by atoms with E-state index in [1.807, 2.05) is 6.92 Å². The van der Waals surface area contributed by atoms with E-state index in [1.165, 1.54) is 57.8 Å². The Labute approximate surface area is 224 Å². The van der Waals surface area contributed by atoms with Gasteiger partial charge < -0.3 is 9.66 Å². The van der Waals surface area contributed by atoms with Gasteiger partial charge in [0.15, 0.2) is 0 Å². The molecular weight excluding hydrogens is 411 g/mol. The average molecular weight is 459 g/mol. The molecule has 29 heavy (non-hydrogen) atoms. The van der Waals surface area contributed by atoms with Crippen LogP contribution < -0.4 is 51.4 Å². The molecule has 0 saturated heterocycles. The summed E-state index contributed by atoms with van der Waals surface area (Å²) in [5, 5.41) is 8.81. The third kappa shape index (κ3) is 22.5. The molecule has 0 radical (unpaired) electrons. The maximum absolute atomic E-state index is 11.5. The second-order valence-corrected chi connectivity index (χ2v) is 10.1. The van der Waals surface area contributed by atoms with Gasteiger partial charge in [-0.2, -0.15) is 0 Å². The van der Waals surface area contributed by atoms with Gasteiger partial charge in [0.1, 0.15) is 0 Å². The Bertz CT molecular complexity index is 429. The summed E-state index contributed by atoms with van der Waals surface area (Å²) in [5.74, 6) is 0. The van der Waals surface area contributed by atoms with Gasteiger partial charge >= 0.3 is 51.4 Å². The van der Waals surface area contributed by atoms with E-state index < -0.39 is 15.4 Å². The van der Waals surface area contributed by atoms with Crippen LogP contribution in [-0.4, -0.2) is 29.4 Å².